The van der Waals surface area contributed by atoms with Crippen molar-refractivity contribution in [3.63, 3.8) is 0 Å². The van der Waals surface area contributed by atoms with Crippen molar-refractivity contribution in [2.24, 2.45) is 0 Å². The molecule has 0 unspecified atom stereocenters. The van der Waals surface area contributed by atoms with Crippen molar-refractivity contribution >= 4 is 0 Å². The third kappa shape index (κ3) is 3.94. The Kier molecular flexibility index (Phi) is 4.85. The van der Waals surface area contributed by atoms with Crippen LogP contribution in [0.25, 0.3) is 0 Å². The van der Waals surface area contributed by atoms with Crippen molar-refractivity contribution in [1.82, 2.24) is 14.9 Å². The minimum absolute atomic E-state index is 0.0469. The lowest BCUT2D eigenvalue weighted by Crippen LogP contribution is -2.38. The first-order chi connectivity index (χ1) is 11.5. The number of ether oxygens (including phenoxy) is 1. The van der Waals surface area contributed by atoms with Gasteiger partial charge in [0.15, 0.2) is 5.62 Å². The molecule has 0 amide bonds. The summed E-state index contributed by atoms with van der Waals surface area (Å²) < 4.78 is 6.18. The molecule has 0 saturated carbocycles. The molecule has 6 heteroatoms. The molecule has 2 heterocycles. The Morgan fingerprint density at radius 3 is 2.71 bits per heavy atom. The summed E-state index contributed by atoms with van der Waals surface area (Å²) in [6.45, 7) is 6.70. The summed E-state index contributed by atoms with van der Waals surface area (Å²) in [6.07, 6.45) is 2.16. The largest absolute Gasteiger partial charge is 0.490 e. The maximum atomic E-state index is 11.4. The van der Waals surface area contributed by atoms with Crippen molar-refractivity contribution in [2.75, 3.05) is 13.1 Å². The van der Waals surface area contributed by atoms with E-state index in [0.717, 1.165) is 37.4 Å². The third-order valence-corrected chi connectivity index (χ3v) is 4.62. The Balaban J connectivity index is 1.57. The number of aryl methyl sites for hydroxylation is 1. The van der Waals surface area contributed by atoms with Crippen molar-refractivity contribution < 1.29 is 4.74 Å². The highest BCUT2D eigenvalue weighted by Gasteiger charge is 2.21. The van der Waals surface area contributed by atoms with Gasteiger partial charge < -0.3 is 9.72 Å². The van der Waals surface area contributed by atoms with E-state index in [1.54, 1.807) is 0 Å². The van der Waals surface area contributed by atoms with E-state index in [0.29, 0.717) is 6.54 Å². The van der Waals surface area contributed by atoms with Crippen LogP contribution in [-0.2, 0) is 6.54 Å². The van der Waals surface area contributed by atoms with E-state index in [1.165, 1.54) is 17.2 Å². The number of hydrogen-bond acceptors (Lipinski definition) is 4. The molecule has 1 aromatic heterocycles. The normalized spacial score (nSPS) is 16.2. The fraction of sp³-hybridized carbons (Fsp3) is 0.444. The quantitative estimate of drug-likeness (QED) is 0.800. The molecule has 1 aliphatic heterocycles. The van der Waals surface area contributed by atoms with E-state index >= 15 is 0 Å². The van der Waals surface area contributed by atoms with Crippen LogP contribution in [0.2, 0.25) is 0 Å². The fourth-order valence-corrected chi connectivity index (χ4v) is 3.09. The zero-order valence-electron chi connectivity index (χ0n) is 14.2. The number of rotatable bonds is 4. The molecule has 6 nitrogen and oxygen atoms in total. The van der Waals surface area contributed by atoms with Crippen molar-refractivity contribution in [1.29, 1.82) is 5.41 Å². The van der Waals surface area contributed by atoms with Gasteiger partial charge in [-0.05, 0) is 43.9 Å². The summed E-state index contributed by atoms with van der Waals surface area (Å²) in [5.74, 6) is 0.982. The maximum absolute atomic E-state index is 11.4. The minimum Gasteiger partial charge on any atom is -0.490 e. The van der Waals surface area contributed by atoms with Gasteiger partial charge in [-0.15, -0.1) is 0 Å². The molecule has 24 heavy (non-hydrogen) atoms. The first kappa shape index (κ1) is 16.5. The molecule has 1 saturated heterocycles. The van der Waals surface area contributed by atoms with E-state index < -0.39 is 0 Å². The Morgan fingerprint density at radius 2 is 2.00 bits per heavy atom. The molecular weight excluding hydrogens is 304 g/mol. The molecule has 0 bridgehead atoms. The molecular formula is C18H24N4O2. The summed E-state index contributed by atoms with van der Waals surface area (Å²) in [6, 6.07) is 7.70. The van der Waals surface area contributed by atoms with Gasteiger partial charge in [-0.2, -0.15) is 0 Å². The monoisotopic (exact) mass is 328 g/mol. The van der Waals surface area contributed by atoms with Crippen LogP contribution in [-0.4, -0.2) is 34.1 Å². The topological polar surface area (TPSA) is 85.0 Å². The highest BCUT2D eigenvalue weighted by molar-refractivity contribution is 5.38. The van der Waals surface area contributed by atoms with Gasteiger partial charge in [-0.3, -0.25) is 20.1 Å². The Labute approximate surface area is 141 Å². The van der Waals surface area contributed by atoms with Crippen LogP contribution in [0.1, 0.15) is 29.7 Å². The highest BCUT2D eigenvalue weighted by Crippen LogP contribution is 2.25. The molecule has 0 spiro atoms. The number of likely N-dealkylation sites (tertiary alicyclic amines) is 1. The molecule has 128 valence electrons. The van der Waals surface area contributed by atoms with Gasteiger partial charge >= 0.3 is 0 Å². The number of hydrogen-bond donors (Lipinski definition) is 3. The number of nitrogens with zero attached hydrogens (tertiary/aromatic N) is 1. The van der Waals surface area contributed by atoms with Crippen LogP contribution >= 0.6 is 0 Å². The Hall–Kier alpha value is -2.34. The van der Waals surface area contributed by atoms with Gasteiger partial charge in [0.25, 0.3) is 5.56 Å². The second kappa shape index (κ2) is 7.05. The van der Waals surface area contributed by atoms with Gasteiger partial charge in [0.1, 0.15) is 11.9 Å². The standard InChI is InChI=1S/C18H24N4O2/c1-12-4-3-5-16(13(12)2)24-15-6-8-22(9-7-15)11-14-10-17(23)21-18(19)20-14/h3-5,10,15H,6-9,11H2,1-2H3,(H3,19,20,21,23). The zero-order chi connectivity index (χ0) is 17.1. The number of aromatic nitrogens is 2. The number of piperidine rings is 1. The number of aromatic amines is 2. The average molecular weight is 328 g/mol. The number of benzene rings is 1. The SMILES string of the molecule is Cc1cccc(OC2CCN(Cc3cc(=O)[nH]c(=N)[nH]3)CC2)c1C. The van der Waals surface area contributed by atoms with Crippen molar-refractivity contribution in [3.8, 4) is 5.75 Å². The number of H-pyrrole nitrogens is 2. The van der Waals surface area contributed by atoms with E-state index in [1.807, 2.05) is 12.1 Å². The van der Waals surface area contributed by atoms with E-state index in [2.05, 4.69) is 34.8 Å². The molecule has 3 N–H and O–H groups in total. The second-order valence-electron chi connectivity index (χ2n) is 6.45. The molecule has 1 aromatic carbocycles. The van der Waals surface area contributed by atoms with Crippen LogP contribution in [0.15, 0.2) is 29.1 Å². The van der Waals surface area contributed by atoms with E-state index in [4.69, 9.17) is 10.1 Å². The van der Waals surface area contributed by atoms with Crippen LogP contribution < -0.4 is 15.9 Å². The molecule has 0 radical (unpaired) electrons. The summed E-state index contributed by atoms with van der Waals surface area (Å²) in [5, 5.41) is 7.54. The maximum Gasteiger partial charge on any atom is 0.252 e. The highest BCUT2D eigenvalue weighted by atomic mass is 16.5. The van der Waals surface area contributed by atoms with E-state index in [-0.39, 0.29) is 17.3 Å². The minimum atomic E-state index is -0.234. The summed E-state index contributed by atoms with van der Waals surface area (Å²) in [7, 11) is 0. The average Bonchev–Trinajstić information content (AvgIpc) is 2.53. The molecule has 1 fully saturated rings. The predicted octanol–water partition coefficient (Wildman–Crippen LogP) is 1.84. The molecule has 1 aliphatic rings. The molecule has 2 aromatic rings. The Bertz CT molecular complexity index is 788. The van der Waals surface area contributed by atoms with Crippen LogP contribution in [0.3, 0.4) is 0 Å². The lowest BCUT2D eigenvalue weighted by Gasteiger charge is -2.32. The second-order valence-corrected chi connectivity index (χ2v) is 6.45. The first-order valence-electron chi connectivity index (χ1n) is 8.33. The van der Waals surface area contributed by atoms with Crippen molar-refractivity contribution in [3.05, 3.63) is 57.1 Å². The van der Waals surface area contributed by atoms with Gasteiger partial charge in [-0.1, -0.05) is 12.1 Å². The van der Waals surface area contributed by atoms with Gasteiger partial charge in [0, 0.05) is 31.4 Å². The lowest BCUT2D eigenvalue weighted by atomic mass is 10.1. The fourth-order valence-electron chi connectivity index (χ4n) is 3.09. The predicted molar refractivity (Wildman–Crippen MR) is 92.1 cm³/mol. The third-order valence-electron chi connectivity index (χ3n) is 4.62. The number of nitrogens with one attached hydrogen (secondary N) is 3. The van der Waals surface area contributed by atoms with Gasteiger partial charge in [-0.25, -0.2) is 0 Å². The molecule has 0 atom stereocenters. The van der Waals surface area contributed by atoms with Crippen LogP contribution in [0, 0.1) is 19.3 Å². The Morgan fingerprint density at radius 1 is 1.25 bits per heavy atom. The van der Waals surface area contributed by atoms with Crippen molar-refractivity contribution in [2.45, 2.75) is 39.3 Å². The van der Waals surface area contributed by atoms with Crippen LogP contribution in [0.4, 0.5) is 0 Å². The summed E-state index contributed by atoms with van der Waals surface area (Å²) in [5.41, 5.74) is 3.05. The summed E-state index contributed by atoms with van der Waals surface area (Å²) in [4.78, 5) is 19.0. The zero-order valence-corrected chi connectivity index (χ0v) is 14.2. The molecule has 3 rings (SSSR count). The van der Waals surface area contributed by atoms with Gasteiger partial charge in [0.2, 0.25) is 0 Å². The molecule has 0 aliphatic carbocycles. The smallest absolute Gasteiger partial charge is 0.252 e. The van der Waals surface area contributed by atoms with Gasteiger partial charge in [0.05, 0.1) is 0 Å². The summed E-state index contributed by atoms with van der Waals surface area (Å²) >= 11 is 0. The lowest BCUT2D eigenvalue weighted by molar-refractivity contribution is 0.0954. The van der Waals surface area contributed by atoms with Crippen LogP contribution in [0.5, 0.6) is 5.75 Å². The first-order valence-corrected chi connectivity index (χ1v) is 8.33. The van der Waals surface area contributed by atoms with E-state index in [9.17, 15) is 4.79 Å².